The van der Waals surface area contributed by atoms with Crippen LogP contribution in [0.2, 0.25) is 0 Å². The molecule has 2 N–H and O–H groups in total. The summed E-state index contributed by atoms with van der Waals surface area (Å²) >= 11 is 0. The summed E-state index contributed by atoms with van der Waals surface area (Å²) in [5.41, 5.74) is 0.530. The Morgan fingerprint density at radius 1 is 1.17 bits per heavy atom. The van der Waals surface area contributed by atoms with E-state index in [-0.39, 0.29) is 11.6 Å². The Labute approximate surface area is 133 Å². The maximum Gasteiger partial charge on any atom is 0.270 e. The fraction of sp³-hybridized carbons (Fsp3) is 0.312. The van der Waals surface area contributed by atoms with Gasteiger partial charge in [0.05, 0.1) is 0 Å². The third-order valence-electron chi connectivity index (χ3n) is 3.10. The van der Waals surface area contributed by atoms with Crippen LogP contribution in [0.25, 0.3) is 0 Å². The molecule has 0 radical (unpaired) electrons. The summed E-state index contributed by atoms with van der Waals surface area (Å²) < 4.78 is 26.1. The molecule has 0 saturated heterocycles. The minimum atomic E-state index is -0.962. The van der Waals surface area contributed by atoms with Gasteiger partial charge in [-0.25, -0.2) is 18.7 Å². The molecule has 0 bridgehead atoms. The molecule has 7 heteroatoms. The highest BCUT2D eigenvalue weighted by Crippen LogP contribution is 2.17. The summed E-state index contributed by atoms with van der Waals surface area (Å²) in [6.45, 7) is 4.70. The third kappa shape index (κ3) is 4.98. The summed E-state index contributed by atoms with van der Waals surface area (Å²) in [7, 11) is 0. The van der Waals surface area contributed by atoms with E-state index in [0.717, 1.165) is 18.6 Å². The fourth-order valence-electron chi connectivity index (χ4n) is 1.84. The number of amides is 1. The molecule has 0 spiro atoms. The van der Waals surface area contributed by atoms with E-state index in [9.17, 15) is 13.6 Å². The van der Waals surface area contributed by atoms with Crippen LogP contribution in [0, 0.1) is 17.6 Å². The van der Waals surface area contributed by atoms with E-state index in [2.05, 4.69) is 34.4 Å². The van der Waals surface area contributed by atoms with Gasteiger partial charge in [-0.3, -0.25) is 4.79 Å². The Kier molecular flexibility index (Phi) is 5.56. The molecule has 1 heterocycles. The number of hydrogen-bond donors (Lipinski definition) is 2. The molecule has 0 aliphatic heterocycles. The molecule has 0 atom stereocenters. The molecule has 23 heavy (non-hydrogen) atoms. The zero-order valence-electron chi connectivity index (χ0n) is 12.9. The Bertz CT molecular complexity index is 692. The molecule has 1 aromatic carbocycles. The van der Waals surface area contributed by atoms with Crippen LogP contribution in [0.15, 0.2) is 30.6 Å². The van der Waals surface area contributed by atoms with Gasteiger partial charge < -0.3 is 10.6 Å². The first-order valence-corrected chi connectivity index (χ1v) is 7.28. The van der Waals surface area contributed by atoms with Crippen LogP contribution in [0.3, 0.4) is 0 Å². The monoisotopic (exact) mass is 320 g/mol. The summed E-state index contributed by atoms with van der Waals surface area (Å²) in [4.78, 5) is 19.9. The zero-order chi connectivity index (χ0) is 16.8. The van der Waals surface area contributed by atoms with Crippen molar-refractivity contribution in [2.24, 2.45) is 5.92 Å². The quantitative estimate of drug-likeness (QED) is 0.857. The number of rotatable bonds is 6. The average molecular weight is 320 g/mol. The second kappa shape index (κ2) is 7.62. The van der Waals surface area contributed by atoms with Gasteiger partial charge in [-0.05, 0) is 24.5 Å². The van der Waals surface area contributed by atoms with Gasteiger partial charge in [0.25, 0.3) is 5.91 Å². The lowest BCUT2D eigenvalue weighted by Gasteiger charge is -2.09. The highest BCUT2D eigenvalue weighted by Gasteiger charge is 2.09. The second-order valence-corrected chi connectivity index (χ2v) is 5.48. The Morgan fingerprint density at radius 2 is 1.96 bits per heavy atom. The lowest BCUT2D eigenvalue weighted by Crippen LogP contribution is -2.26. The smallest absolute Gasteiger partial charge is 0.270 e. The maximum atomic E-state index is 13.2. The lowest BCUT2D eigenvalue weighted by atomic mass is 10.1. The molecule has 122 valence electrons. The molecule has 1 aromatic heterocycles. The predicted molar refractivity (Wildman–Crippen MR) is 83.5 cm³/mol. The van der Waals surface area contributed by atoms with Gasteiger partial charge >= 0.3 is 0 Å². The van der Waals surface area contributed by atoms with E-state index in [1.807, 2.05) is 0 Å². The van der Waals surface area contributed by atoms with Crippen LogP contribution in [-0.4, -0.2) is 22.4 Å². The number of hydrogen-bond acceptors (Lipinski definition) is 4. The predicted octanol–water partition coefficient (Wildman–Crippen LogP) is 3.27. The lowest BCUT2D eigenvalue weighted by molar-refractivity contribution is 0.0947. The van der Waals surface area contributed by atoms with Crippen molar-refractivity contribution in [3.63, 3.8) is 0 Å². The van der Waals surface area contributed by atoms with Crippen molar-refractivity contribution in [2.75, 3.05) is 11.9 Å². The number of anilines is 2. The topological polar surface area (TPSA) is 66.9 Å². The van der Waals surface area contributed by atoms with Gasteiger partial charge in [-0.1, -0.05) is 13.8 Å². The van der Waals surface area contributed by atoms with Gasteiger partial charge in [-0.15, -0.1) is 0 Å². The molecule has 5 nitrogen and oxygen atoms in total. The van der Waals surface area contributed by atoms with Gasteiger partial charge in [0, 0.05) is 24.4 Å². The Hall–Kier alpha value is -2.57. The second-order valence-electron chi connectivity index (χ2n) is 5.48. The highest BCUT2D eigenvalue weighted by atomic mass is 19.2. The van der Waals surface area contributed by atoms with Crippen molar-refractivity contribution in [1.29, 1.82) is 0 Å². The van der Waals surface area contributed by atoms with E-state index in [1.165, 1.54) is 18.5 Å². The van der Waals surface area contributed by atoms with Crippen molar-refractivity contribution < 1.29 is 13.6 Å². The summed E-state index contributed by atoms with van der Waals surface area (Å²) in [6.07, 6.45) is 2.11. The normalized spacial score (nSPS) is 10.7. The summed E-state index contributed by atoms with van der Waals surface area (Å²) in [5.74, 6) is -1.38. The maximum absolute atomic E-state index is 13.2. The third-order valence-corrected chi connectivity index (χ3v) is 3.10. The first-order chi connectivity index (χ1) is 11.0. The standard InChI is InChI=1S/C16H18F2N4O/c1-10(2)5-6-19-16(23)14-8-15(21-9-20-14)22-11-3-4-12(17)13(18)7-11/h3-4,7-10H,5-6H2,1-2H3,(H,19,23)(H,20,21,22). The van der Waals surface area contributed by atoms with Crippen LogP contribution in [0.5, 0.6) is 0 Å². The summed E-state index contributed by atoms with van der Waals surface area (Å²) in [5, 5.41) is 5.58. The number of carbonyl (C=O) groups excluding carboxylic acids is 1. The van der Waals surface area contributed by atoms with Crippen LogP contribution in [0.4, 0.5) is 20.3 Å². The Morgan fingerprint density at radius 3 is 2.65 bits per heavy atom. The molecular formula is C16H18F2N4O. The molecule has 0 aliphatic carbocycles. The fourth-order valence-corrected chi connectivity index (χ4v) is 1.84. The van der Waals surface area contributed by atoms with Crippen LogP contribution in [-0.2, 0) is 0 Å². The van der Waals surface area contributed by atoms with Crippen molar-refractivity contribution >= 4 is 17.4 Å². The summed E-state index contributed by atoms with van der Waals surface area (Å²) in [6, 6.07) is 4.85. The molecule has 0 saturated carbocycles. The first kappa shape index (κ1) is 16.8. The largest absolute Gasteiger partial charge is 0.351 e. The van der Waals surface area contributed by atoms with Gasteiger partial charge in [0.15, 0.2) is 11.6 Å². The number of aromatic nitrogens is 2. The van der Waals surface area contributed by atoms with Crippen LogP contribution >= 0.6 is 0 Å². The molecule has 0 aliphatic rings. The molecule has 0 unspecified atom stereocenters. The molecule has 2 aromatic rings. The number of halogens is 2. The van der Waals surface area contributed by atoms with Gasteiger partial charge in [-0.2, -0.15) is 0 Å². The van der Waals surface area contributed by atoms with Crippen LogP contribution in [0.1, 0.15) is 30.8 Å². The van der Waals surface area contributed by atoms with Crippen molar-refractivity contribution in [3.05, 3.63) is 47.9 Å². The highest BCUT2D eigenvalue weighted by molar-refractivity contribution is 5.92. The van der Waals surface area contributed by atoms with E-state index in [1.54, 1.807) is 0 Å². The molecular weight excluding hydrogens is 302 g/mol. The van der Waals surface area contributed by atoms with Gasteiger partial charge in [0.1, 0.15) is 17.8 Å². The Balaban J connectivity index is 2.04. The van der Waals surface area contributed by atoms with E-state index in [4.69, 9.17) is 0 Å². The van der Waals surface area contributed by atoms with Crippen molar-refractivity contribution in [3.8, 4) is 0 Å². The van der Waals surface area contributed by atoms with E-state index in [0.29, 0.717) is 24.0 Å². The average Bonchev–Trinajstić information content (AvgIpc) is 2.51. The molecule has 2 rings (SSSR count). The number of nitrogens with one attached hydrogen (secondary N) is 2. The van der Waals surface area contributed by atoms with E-state index < -0.39 is 11.6 Å². The number of benzene rings is 1. The first-order valence-electron chi connectivity index (χ1n) is 7.28. The van der Waals surface area contributed by atoms with E-state index >= 15 is 0 Å². The minimum absolute atomic E-state index is 0.203. The van der Waals surface area contributed by atoms with Crippen molar-refractivity contribution in [2.45, 2.75) is 20.3 Å². The zero-order valence-corrected chi connectivity index (χ0v) is 12.9. The number of carbonyl (C=O) groups is 1. The van der Waals surface area contributed by atoms with Crippen LogP contribution < -0.4 is 10.6 Å². The van der Waals surface area contributed by atoms with Gasteiger partial charge in [0.2, 0.25) is 0 Å². The SMILES string of the molecule is CC(C)CCNC(=O)c1cc(Nc2ccc(F)c(F)c2)ncn1. The minimum Gasteiger partial charge on any atom is -0.351 e. The molecule has 1 amide bonds. The number of nitrogens with zero attached hydrogens (tertiary/aromatic N) is 2. The molecule has 0 fully saturated rings. The van der Waals surface area contributed by atoms with Crippen molar-refractivity contribution in [1.82, 2.24) is 15.3 Å².